The second kappa shape index (κ2) is 6.79. The highest BCUT2D eigenvalue weighted by Gasteiger charge is 2.21. The third-order valence-corrected chi connectivity index (χ3v) is 5.79. The van der Waals surface area contributed by atoms with E-state index < -0.39 is 0 Å². The van der Waals surface area contributed by atoms with Crippen molar-refractivity contribution in [2.24, 2.45) is 0 Å². The molecular weight excluding hydrogens is 400 g/mol. The molecule has 1 aliphatic heterocycles. The lowest BCUT2D eigenvalue weighted by Crippen LogP contribution is -2.10. The average Bonchev–Trinajstić information content (AvgIpc) is 3.40. The first-order valence-electron chi connectivity index (χ1n) is 10.6. The van der Waals surface area contributed by atoms with E-state index in [4.69, 9.17) is 24.4 Å². The molecule has 6 heteroatoms. The summed E-state index contributed by atoms with van der Waals surface area (Å²) in [6.07, 6.45) is 0. The molecule has 0 aliphatic carbocycles. The van der Waals surface area contributed by atoms with Gasteiger partial charge in [-0.05, 0) is 35.2 Å². The van der Waals surface area contributed by atoms with Gasteiger partial charge in [-0.1, -0.05) is 57.2 Å². The van der Waals surface area contributed by atoms with E-state index in [1.807, 2.05) is 47.0 Å². The van der Waals surface area contributed by atoms with Gasteiger partial charge in [0.1, 0.15) is 5.82 Å². The van der Waals surface area contributed by atoms with Crippen LogP contribution in [0.5, 0.6) is 11.5 Å². The molecule has 158 valence electrons. The van der Waals surface area contributed by atoms with E-state index in [-0.39, 0.29) is 12.2 Å². The maximum Gasteiger partial charge on any atom is 0.231 e. The first kappa shape index (κ1) is 18.8. The summed E-state index contributed by atoms with van der Waals surface area (Å²) < 4.78 is 13.2. The summed E-state index contributed by atoms with van der Waals surface area (Å²) in [7, 11) is 0. The van der Waals surface area contributed by atoms with Crippen molar-refractivity contribution in [1.82, 2.24) is 19.5 Å². The Morgan fingerprint density at radius 1 is 0.781 bits per heavy atom. The van der Waals surface area contributed by atoms with Crippen molar-refractivity contribution in [3.05, 3.63) is 72.3 Å². The molecule has 32 heavy (non-hydrogen) atoms. The average molecular weight is 422 g/mol. The lowest BCUT2D eigenvalue weighted by molar-refractivity contribution is 0.174. The summed E-state index contributed by atoms with van der Waals surface area (Å²) in [6.45, 7) is 6.87. The van der Waals surface area contributed by atoms with Gasteiger partial charge in [0.05, 0.1) is 16.7 Å². The molecule has 5 aromatic rings. The molecule has 3 aromatic carbocycles. The van der Waals surface area contributed by atoms with E-state index in [0.29, 0.717) is 17.0 Å². The van der Waals surface area contributed by atoms with Crippen LogP contribution in [0.2, 0.25) is 0 Å². The largest absolute Gasteiger partial charge is 0.454 e. The first-order valence-corrected chi connectivity index (χ1v) is 10.6. The second-order valence-electron chi connectivity index (χ2n) is 9.00. The normalized spacial score (nSPS) is 13.2. The Labute approximate surface area is 185 Å². The molecule has 6 nitrogen and oxygen atoms in total. The molecule has 0 unspecified atom stereocenters. The predicted molar refractivity (Wildman–Crippen MR) is 124 cm³/mol. The SMILES string of the molecule is CC(C)(C)c1ccc(-c2nc3nc4ccccc4nc3n2-c2ccc3c(c2)OCO3)cc1. The first-order chi connectivity index (χ1) is 15.5. The van der Waals surface area contributed by atoms with Crippen molar-refractivity contribution in [1.29, 1.82) is 0 Å². The van der Waals surface area contributed by atoms with Gasteiger partial charge in [0.25, 0.3) is 0 Å². The van der Waals surface area contributed by atoms with Crippen LogP contribution in [0.15, 0.2) is 66.7 Å². The Kier molecular flexibility index (Phi) is 3.99. The fourth-order valence-corrected chi connectivity index (χ4v) is 4.04. The number of imidazole rings is 1. The van der Waals surface area contributed by atoms with E-state index in [1.54, 1.807) is 0 Å². The molecule has 3 heterocycles. The molecule has 0 spiro atoms. The van der Waals surface area contributed by atoms with Crippen LogP contribution in [0.25, 0.3) is 39.4 Å². The molecule has 0 atom stereocenters. The molecular formula is C26H22N4O2. The number of para-hydroxylation sites is 2. The van der Waals surface area contributed by atoms with Crippen LogP contribution in [0.3, 0.4) is 0 Å². The fourth-order valence-electron chi connectivity index (χ4n) is 4.04. The highest BCUT2D eigenvalue weighted by Crippen LogP contribution is 2.36. The quantitative estimate of drug-likeness (QED) is 0.367. The second-order valence-corrected chi connectivity index (χ2v) is 9.00. The highest BCUT2D eigenvalue weighted by molar-refractivity contribution is 5.86. The van der Waals surface area contributed by atoms with Gasteiger partial charge in [-0.2, -0.15) is 0 Å². The van der Waals surface area contributed by atoms with Crippen molar-refractivity contribution in [2.45, 2.75) is 26.2 Å². The van der Waals surface area contributed by atoms with E-state index >= 15 is 0 Å². The smallest absolute Gasteiger partial charge is 0.231 e. The van der Waals surface area contributed by atoms with Crippen LogP contribution in [-0.2, 0) is 5.41 Å². The number of benzene rings is 3. The van der Waals surface area contributed by atoms with Crippen LogP contribution in [-0.4, -0.2) is 26.3 Å². The fraction of sp³-hybridized carbons (Fsp3) is 0.192. The minimum absolute atomic E-state index is 0.0802. The monoisotopic (exact) mass is 422 g/mol. The van der Waals surface area contributed by atoms with Crippen LogP contribution in [0, 0.1) is 0 Å². The molecule has 1 aliphatic rings. The minimum atomic E-state index is 0.0802. The molecule has 2 aromatic heterocycles. The lowest BCUT2D eigenvalue weighted by Gasteiger charge is -2.19. The molecule has 0 fully saturated rings. The summed E-state index contributed by atoms with van der Waals surface area (Å²) in [5, 5.41) is 0. The zero-order valence-corrected chi connectivity index (χ0v) is 18.2. The third-order valence-electron chi connectivity index (χ3n) is 5.79. The molecule has 0 bridgehead atoms. The number of hydrogen-bond donors (Lipinski definition) is 0. The van der Waals surface area contributed by atoms with E-state index in [2.05, 4.69) is 45.0 Å². The summed E-state index contributed by atoms with van der Waals surface area (Å²) in [5.41, 5.74) is 6.22. The summed E-state index contributed by atoms with van der Waals surface area (Å²) in [5.74, 6) is 2.24. The molecule has 6 rings (SSSR count). The van der Waals surface area contributed by atoms with Gasteiger partial charge < -0.3 is 9.47 Å². The summed E-state index contributed by atoms with van der Waals surface area (Å²) in [4.78, 5) is 14.6. The Balaban J connectivity index is 1.61. The zero-order chi connectivity index (χ0) is 21.9. The van der Waals surface area contributed by atoms with Gasteiger partial charge in [-0.3, -0.25) is 4.57 Å². The molecule has 0 saturated heterocycles. The minimum Gasteiger partial charge on any atom is -0.454 e. The van der Waals surface area contributed by atoms with Gasteiger partial charge >= 0.3 is 0 Å². The van der Waals surface area contributed by atoms with Gasteiger partial charge in [-0.25, -0.2) is 15.0 Å². The summed E-state index contributed by atoms with van der Waals surface area (Å²) >= 11 is 0. The topological polar surface area (TPSA) is 62.1 Å². The van der Waals surface area contributed by atoms with Crippen molar-refractivity contribution in [3.8, 4) is 28.6 Å². The number of ether oxygens (including phenoxy) is 2. The highest BCUT2D eigenvalue weighted by atomic mass is 16.7. The predicted octanol–water partition coefficient (Wildman–Crippen LogP) is 5.66. The summed E-state index contributed by atoms with van der Waals surface area (Å²) in [6, 6.07) is 22.3. The molecule has 0 radical (unpaired) electrons. The number of hydrogen-bond acceptors (Lipinski definition) is 5. The van der Waals surface area contributed by atoms with E-state index in [9.17, 15) is 0 Å². The molecule has 0 amide bonds. The van der Waals surface area contributed by atoms with Crippen molar-refractivity contribution in [3.63, 3.8) is 0 Å². The Morgan fingerprint density at radius 3 is 2.25 bits per heavy atom. The zero-order valence-electron chi connectivity index (χ0n) is 18.2. The van der Waals surface area contributed by atoms with Gasteiger partial charge in [0.15, 0.2) is 22.8 Å². The number of nitrogens with zero attached hydrogens (tertiary/aromatic N) is 4. The van der Waals surface area contributed by atoms with Crippen LogP contribution in [0.1, 0.15) is 26.3 Å². The third kappa shape index (κ3) is 2.99. The van der Waals surface area contributed by atoms with Crippen LogP contribution in [0.4, 0.5) is 0 Å². The number of aromatic nitrogens is 4. The maximum atomic E-state index is 5.63. The Morgan fingerprint density at radius 2 is 1.50 bits per heavy atom. The lowest BCUT2D eigenvalue weighted by atomic mass is 9.87. The van der Waals surface area contributed by atoms with Gasteiger partial charge in [0, 0.05) is 11.6 Å². The van der Waals surface area contributed by atoms with Crippen molar-refractivity contribution >= 4 is 22.3 Å². The number of fused-ring (bicyclic) bond motifs is 3. The standard InChI is InChI=1S/C26H22N4O2/c1-26(2,3)17-10-8-16(9-11-17)24-29-23-25(28-20-7-5-4-6-19(20)27-23)30(24)18-12-13-21-22(14-18)32-15-31-21/h4-14H,15H2,1-3H3. The Hall–Kier alpha value is -3.93. The van der Waals surface area contributed by atoms with Crippen molar-refractivity contribution < 1.29 is 9.47 Å². The number of rotatable bonds is 2. The molecule has 0 saturated carbocycles. The van der Waals surface area contributed by atoms with E-state index in [0.717, 1.165) is 33.9 Å². The molecule has 0 N–H and O–H groups in total. The van der Waals surface area contributed by atoms with E-state index in [1.165, 1.54) is 5.56 Å². The maximum absolute atomic E-state index is 5.63. The van der Waals surface area contributed by atoms with Gasteiger partial charge in [0.2, 0.25) is 6.79 Å². The van der Waals surface area contributed by atoms with Crippen molar-refractivity contribution in [2.75, 3.05) is 6.79 Å². The Bertz CT molecular complexity index is 1480. The van der Waals surface area contributed by atoms with Crippen LogP contribution < -0.4 is 9.47 Å². The van der Waals surface area contributed by atoms with Gasteiger partial charge in [-0.15, -0.1) is 0 Å². The van der Waals surface area contributed by atoms with Crippen LogP contribution >= 0.6 is 0 Å².